The van der Waals surface area contributed by atoms with Gasteiger partial charge in [0.25, 0.3) is 0 Å². The van der Waals surface area contributed by atoms with Crippen molar-refractivity contribution in [1.29, 1.82) is 0 Å². The van der Waals surface area contributed by atoms with Gasteiger partial charge in [-0.15, -0.1) is 0 Å². The maximum Gasteiger partial charge on any atom is 0.231 e. The molecule has 12 heavy (non-hydrogen) atoms. The monoisotopic (exact) mass is 168 g/mol. The maximum atomic E-state index is 9.48. The Bertz CT molecular complexity index is 308. The van der Waals surface area contributed by atoms with E-state index in [0.717, 1.165) is 0 Å². The van der Waals surface area contributed by atoms with E-state index in [0.29, 0.717) is 17.2 Å². The first kappa shape index (κ1) is 7.09. The molecular weight excluding hydrogens is 160 g/mol. The van der Waals surface area contributed by atoms with Crippen LogP contribution < -0.4 is 14.2 Å². The van der Waals surface area contributed by atoms with Crippen LogP contribution in [0.1, 0.15) is 0 Å². The Kier molecular flexibility index (Phi) is 1.46. The zero-order valence-corrected chi connectivity index (χ0v) is 6.53. The predicted molar refractivity (Wildman–Crippen MR) is 40.8 cm³/mol. The molecule has 0 amide bonds. The minimum absolute atomic E-state index is 0.00694. The Morgan fingerprint density at radius 1 is 1.42 bits per heavy atom. The summed E-state index contributed by atoms with van der Waals surface area (Å²) in [4.78, 5) is 0. The van der Waals surface area contributed by atoms with Gasteiger partial charge in [0.1, 0.15) is 0 Å². The molecule has 64 valence electrons. The van der Waals surface area contributed by atoms with E-state index in [-0.39, 0.29) is 12.5 Å². The van der Waals surface area contributed by atoms with Gasteiger partial charge in [-0.3, -0.25) is 0 Å². The van der Waals surface area contributed by atoms with Crippen molar-refractivity contribution in [1.82, 2.24) is 0 Å². The fraction of sp³-hybridized carbons (Fsp3) is 0.250. The Hall–Kier alpha value is -1.58. The highest BCUT2D eigenvalue weighted by Crippen LogP contribution is 2.45. The van der Waals surface area contributed by atoms with E-state index in [2.05, 4.69) is 0 Å². The second kappa shape index (κ2) is 2.48. The van der Waals surface area contributed by atoms with Crippen molar-refractivity contribution in [3.05, 3.63) is 12.1 Å². The quantitative estimate of drug-likeness (QED) is 0.682. The number of methoxy groups -OCH3 is 1. The summed E-state index contributed by atoms with van der Waals surface area (Å²) in [6.45, 7) is 0.149. The summed E-state index contributed by atoms with van der Waals surface area (Å²) in [6, 6.07) is 3.32. The summed E-state index contributed by atoms with van der Waals surface area (Å²) in [5.41, 5.74) is 0. The van der Waals surface area contributed by atoms with Gasteiger partial charge in [-0.05, 0) is 12.1 Å². The lowest BCUT2D eigenvalue weighted by Gasteiger charge is -2.04. The fourth-order valence-corrected chi connectivity index (χ4v) is 1.10. The highest BCUT2D eigenvalue weighted by atomic mass is 16.7. The van der Waals surface area contributed by atoms with Crippen LogP contribution in [0.2, 0.25) is 0 Å². The molecule has 1 aromatic carbocycles. The number of phenolic OH excluding ortho intramolecular Hbond substituents is 1. The number of aromatic hydroxyl groups is 1. The molecule has 2 rings (SSSR count). The first-order valence-corrected chi connectivity index (χ1v) is 3.48. The smallest absolute Gasteiger partial charge is 0.231 e. The Morgan fingerprint density at radius 2 is 2.25 bits per heavy atom. The number of benzene rings is 1. The van der Waals surface area contributed by atoms with Crippen LogP contribution in [0.3, 0.4) is 0 Å². The third-order valence-corrected chi connectivity index (χ3v) is 1.70. The number of rotatable bonds is 1. The van der Waals surface area contributed by atoms with E-state index in [4.69, 9.17) is 14.2 Å². The number of fused-ring (bicyclic) bond motifs is 1. The molecule has 0 aliphatic carbocycles. The van der Waals surface area contributed by atoms with Crippen LogP contribution >= 0.6 is 0 Å². The highest BCUT2D eigenvalue weighted by molar-refractivity contribution is 5.58. The molecule has 0 saturated heterocycles. The topological polar surface area (TPSA) is 47.9 Å². The summed E-state index contributed by atoms with van der Waals surface area (Å²) < 4.78 is 14.9. The number of phenols is 1. The van der Waals surface area contributed by atoms with Crippen molar-refractivity contribution in [3.63, 3.8) is 0 Å². The van der Waals surface area contributed by atoms with E-state index in [9.17, 15) is 5.11 Å². The lowest BCUT2D eigenvalue weighted by Crippen LogP contribution is -1.93. The van der Waals surface area contributed by atoms with E-state index >= 15 is 0 Å². The molecule has 1 aliphatic rings. The third-order valence-electron chi connectivity index (χ3n) is 1.70. The first-order valence-electron chi connectivity index (χ1n) is 3.48. The van der Waals surface area contributed by atoms with Gasteiger partial charge in [-0.1, -0.05) is 0 Å². The second-order valence-electron chi connectivity index (χ2n) is 2.35. The van der Waals surface area contributed by atoms with Crippen molar-refractivity contribution in [2.75, 3.05) is 13.9 Å². The second-order valence-corrected chi connectivity index (χ2v) is 2.35. The zero-order chi connectivity index (χ0) is 8.55. The molecule has 0 aromatic heterocycles. The minimum Gasteiger partial charge on any atom is -0.502 e. The van der Waals surface area contributed by atoms with Crippen molar-refractivity contribution >= 4 is 0 Å². The fourth-order valence-electron chi connectivity index (χ4n) is 1.10. The van der Waals surface area contributed by atoms with E-state index in [1.807, 2.05) is 0 Å². The molecule has 0 spiro atoms. The molecule has 1 aliphatic heterocycles. The summed E-state index contributed by atoms with van der Waals surface area (Å²) in [7, 11) is 1.48. The predicted octanol–water partition coefficient (Wildman–Crippen LogP) is 1.13. The summed E-state index contributed by atoms with van der Waals surface area (Å²) >= 11 is 0. The van der Waals surface area contributed by atoms with Gasteiger partial charge in [-0.2, -0.15) is 0 Å². The molecule has 0 bridgehead atoms. The molecule has 0 radical (unpaired) electrons. The molecule has 0 saturated carbocycles. The molecule has 1 heterocycles. The first-order chi connectivity index (χ1) is 5.83. The normalized spacial score (nSPS) is 13.1. The number of hydrogen-bond donors (Lipinski definition) is 1. The maximum absolute atomic E-state index is 9.48. The van der Waals surface area contributed by atoms with Gasteiger partial charge < -0.3 is 19.3 Å². The Morgan fingerprint density at radius 3 is 3.00 bits per heavy atom. The van der Waals surface area contributed by atoms with Gasteiger partial charge in [-0.25, -0.2) is 0 Å². The van der Waals surface area contributed by atoms with Gasteiger partial charge in [0.15, 0.2) is 11.5 Å². The van der Waals surface area contributed by atoms with Gasteiger partial charge in [0, 0.05) is 0 Å². The molecule has 0 unspecified atom stereocenters. The standard InChI is InChI=1S/C8H8O4/c1-10-5-2-3-6-8(7(5)9)12-4-11-6/h2-3,9H,4H2,1H3. The highest BCUT2D eigenvalue weighted by Gasteiger charge is 2.20. The molecular formula is C8H8O4. The zero-order valence-electron chi connectivity index (χ0n) is 6.53. The Balaban J connectivity index is 2.54. The van der Waals surface area contributed by atoms with E-state index in [1.54, 1.807) is 12.1 Å². The average molecular weight is 168 g/mol. The largest absolute Gasteiger partial charge is 0.502 e. The lowest BCUT2D eigenvalue weighted by atomic mass is 10.3. The number of hydrogen-bond acceptors (Lipinski definition) is 4. The average Bonchev–Trinajstić information content (AvgIpc) is 2.53. The molecule has 0 fully saturated rings. The van der Waals surface area contributed by atoms with Crippen LogP contribution in [-0.4, -0.2) is 19.0 Å². The van der Waals surface area contributed by atoms with Crippen molar-refractivity contribution in [2.24, 2.45) is 0 Å². The third kappa shape index (κ3) is 0.845. The van der Waals surface area contributed by atoms with E-state index < -0.39 is 0 Å². The van der Waals surface area contributed by atoms with Crippen LogP contribution in [0.5, 0.6) is 23.0 Å². The van der Waals surface area contributed by atoms with Gasteiger partial charge >= 0.3 is 0 Å². The van der Waals surface area contributed by atoms with E-state index in [1.165, 1.54) is 7.11 Å². The van der Waals surface area contributed by atoms with Crippen LogP contribution in [0, 0.1) is 0 Å². The summed E-state index contributed by atoms with van der Waals surface area (Å²) in [5.74, 6) is 1.29. The minimum atomic E-state index is -0.00694. The van der Waals surface area contributed by atoms with Crippen molar-refractivity contribution in [3.8, 4) is 23.0 Å². The molecule has 4 heteroatoms. The van der Waals surface area contributed by atoms with Crippen LogP contribution in [0.15, 0.2) is 12.1 Å². The van der Waals surface area contributed by atoms with Crippen molar-refractivity contribution in [2.45, 2.75) is 0 Å². The molecule has 1 aromatic rings. The number of ether oxygens (including phenoxy) is 3. The summed E-state index contributed by atoms with van der Waals surface area (Å²) in [6.07, 6.45) is 0. The van der Waals surface area contributed by atoms with Crippen LogP contribution in [0.25, 0.3) is 0 Å². The van der Waals surface area contributed by atoms with Gasteiger partial charge in [0.2, 0.25) is 18.3 Å². The van der Waals surface area contributed by atoms with Crippen molar-refractivity contribution < 1.29 is 19.3 Å². The molecule has 4 nitrogen and oxygen atoms in total. The lowest BCUT2D eigenvalue weighted by molar-refractivity contribution is 0.171. The van der Waals surface area contributed by atoms with Crippen LogP contribution in [0.4, 0.5) is 0 Å². The summed E-state index contributed by atoms with van der Waals surface area (Å²) in [5, 5.41) is 9.48. The molecule has 1 N–H and O–H groups in total. The Labute approximate surface area is 69.3 Å². The van der Waals surface area contributed by atoms with Crippen LogP contribution in [-0.2, 0) is 0 Å². The SMILES string of the molecule is COc1ccc2c(c1O)OCO2. The molecule has 0 atom stereocenters. The van der Waals surface area contributed by atoms with Gasteiger partial charge in [0.05, 0.1) is 7.11 Å².